The van der Waals surface area contributed by atoms with Crippen LogP contribution in [-0.4, -0.2) is 60.0 Å². The molecule has 3 aromatic carbocycles. The van der Waals surface area contributed by atoms with E-state index in [2.05, 4.69) is 0 Å². The number of aliphatic hydroxyl groups excluding tert-OH is 1. The zero-order chi connectivity index (χ0) is 25.5. The largest absolute Gasteiger partial charge is 0.452 e. The minimum Gasteiger partial charge on any atom is -0.452 e. The van der Waals surface area contributed by atoms with Crippen molar-refractivity contribution in [3.05, 3.63) is 108 Å². The molecule has 1 N–H and O–H groups in total. The average molecular weight is 490 g/mol. The molecule has 0 saturated carbocycles. The van der Waals surface area contributed by atoms with Gasteiger partial charge >= 0.3 is 23.9 Å². The van der Waals surface area contributed by atoms with E-state index in [0.29, 0.717) is 0 Å². The maximum absolute atomic E-state index is 12.8. The fraction of sp³-hybridized carbons (Fsp3) is 0.185. The Bertz CT molecular complexity index is 1210. The molecule has 36 heavy (non-hydrogen) atoms. The number of benzene rings is 3. The zero-order valence-corrected chi connectivity index (χ0v) is 18.9. The lowest BCUT2D eigenvalue weighted by molar-refractivity contribution is -0.152. The maximum atomic E-state index is 12.8. The molecule has 1 aliphatic heterocycles. The van der Waals surface area contributed by atoms with Gasteiger partial charge in [0.05, 0.1) is 23.3 Å². The van der Waals surface area contributed by atoms with Gasteiger partial charge in [-0.05, 0) is 36.4 Å². The molecule has 184 valence electrons. The third-order valence-electron chi connectivity index (χ3n) is 5.42. The molecule has 9 heteroatoms. The molecule has 1 saturated heterocycles. The number of ether oxygens (including phenoxy) is 4. The van der Waals surface area contributed by atoms with Gasteiger partial charge in [0.1, 0.15) is 0 Å². The van der Waals surface area contributed by atoms with E-state index >= 15 is 0 Å². The second kappa shape index (κ2) is 11.3. The lowest BCUT2D eigenvalue weighted by Gasteiger charge is -2.26. The summed E-state index contributed by atoms with van der Waals surface area (Å²) in [5.74, 6) is -3.47. The van der Waals surface area contributed by atoms with Crippen LogP contribution in [-0.2, 0) is 23.7 Å². The summed E-state index contributed by atoms with van der Waals surface area (Å²) in [6, 6.07) is 23.8. The summed E-state index contributed by atoms with van der Waals surface area (Å²) in [7, 11) is 0. The fourth-order valence-corrected chi connectivity index (χ4v) is 3.62. The van der Waals surface area contributed by atoms with Crippen LogP contribution in [0.3, 0.4) is 0 Å². The molecule has 0 spiro atoms. The van der Waals surface area contributed by atoms with Gasteiger partial charge in [-0.2, -0.15) is 0 Å². The summed E-state index contributed by atoms with van der Waals surface area (Å²) in [5, 5.41) is 9.97. The number of carbonyl (C=O) groups excluding carboxylic acids is 4. The third kappa shape index (κ3) is 5.59. The molecule has 1 fully saturated rings. The first-order valence-corrected chi connectivity index (χ1v) is 11.1. The highest BCUT2D eigenvalue weighted by Crippen LogP contribution is 2.28. The van der Waals surface area contributed by atoms with Gasteiger partial charge in [0.15, 0.2) is 18.3 Å². The van der Waals surface area contributed by atoms with E-state index < -0.39 is 54.9 Å². The van der Waals surface area contributed by atoms with Crippen molar-refractivity contribution in [1.29, 1.82) is 0 Å². The van der Waals surface area contributed by atoms with E-state index in [0.717, 1.165) is 0 Å². The van der Waals surface area contributed by atoms with Gasteiger partial charge in [-0.1, -0.05) is 54.6 Å². The fourth-order valence-electron chi connectivity index (χ4n) is 3.62. The number of carbonyl (C=O) groups is 4. The monoisotopic (exact) mass is 490 g/mol. The Morgan fingerprint density at radius 3 is 1.64 bits per heavy atom. The highest BCUT2D eigenvalue weighted by Gasteiger charge is 2.54. The quantitative estimate of drug-likeness (QED) is 0.375. The van der Waals surface area contributed by atoms with Crippen molar-refractivity contribution >= 4 is 23.9 Å². The summed E-state index contributed by atoms with van der Waals surface area (Å²) in [6.45, 7) is -0.755. The van der Waals surface area contributed by atoms with Gasteiger partial charge < -0.3 is 24.1 Å². The van der Waals surface area contributed by atoms with Crippen LogP contribution >= 0.6 is 0 Å². The molecule has 3 aromatic rings. The number of hydrogen-bond donors (Lipinski definition) is 1. The standard InChI is InChI=1S/C27H22O9/c28-16-20(33-24(29)17-10-4-1-5-11-17)21-22(35-25(30)18-12-6-2-7-13-18)23(27(32)34-21)36-26(31)19-14-8-3-9-15-19/h1-15,20-23,28H,16H2/t20-,21+,22+,23-/m1/s1. The molecule has 0 radical (unpaired) electrons. The topological polar surface area (TPSA) is 125 Å². The highest BCUT2D eigenvalue weighted by atomic mass is 16.7. The Balaban J connectivity index is 1.59. The smallest absolute Gasteiger partial charge is 0.352 e. The Labute approximate surface area is 206 Å². The highest BCUT2D eigenvalue weighted by molar-refractivity contribution is 5.93. The van der Waals surface area contributed by atoms with Crippen LogP contribution in [0.5, 0.6) is 0 Å². The average Bonchev–Trinajstić information content (AvgIpc) is 3.22. The van der Waals surface area contributed by atoms with Gasteiger partial charge in [0, 0.05) is 0 Å². The molecule has 0 unspecified atom stereocenters. The van der Waals surface area contributed by atoms with E-state index in [1.807, 2.05) is 0 Å². The van der Waals surface area contributed by atoms with E-state index in [9.17, 15) is 24.3 Å². The van der Waals surface area contributed by atoms with Crippen LogP contribution in [0.4, 0.5) is 0 Å². The SMILES string of the molecule is O=C(O[C@H]1[C@H]([C@@H](CO)OC(=O)c2ccccc2)OC(=O)[C@@H]1OC(=O)c1ccccc1)c1ccccc1. The first-order chi connectivity index (χ1) is 17.5. The van der Waals surface area contributed by atoms with Crippen LogP contribution < -0.4 is 0 Å². The summed E-state index contributed by atoms with van der Waals surface area (Å²) in [4.78, 5) is 50.8. The molecule has 0 bridgehead atoms. The molecular weight excluding hydrogens is 468 g/mol. The van der Waals surface area contributed by atoms with Gasteiger partial charge in [-0.15, -0.1) is 0 Å². The number of hydrogen-bond acceptors (Lipinski definition) is 9. The third-order valence-corrected chi connectivity index (χ3v) is 5.42. The van der Waals surface area contributed by atoms with E-state index in [1.54, 1.807) is 54.6 Å². The maximum Gasteiger partial charge on any atom is 0.352 e. The van der Waals surface area contributed by atoms with Crippen molar-refractivity contribution in [2.24, 2.45) is 0 Å². The Kier molecular flexibility index (Phi) is 7.72. The second-order valence-corrected chi connectivity index (χ2v) is 7.82. The lowest BCUT2D eigenvalue weighted by Crippen LogP contribution is -2.46. The van der Waals surface area contributed by atoms with Crippen LogP contribution in [0.2, 0.25) is 0 Å². The van der Waals surface area contributed by atoms with Gasteiger partial charge in [-0.3, -0.25) is 0 Å². The van der Waals surface area contributed by atoms with Crippen molar-refractivity contribution in [3.63, 3.8) is 0 Å². The van der Waals surface area contributed by atoms with Crippen molar-refractivity contribution in [2.75, 3.05) is 6.61 Å². The number of aliphatic hydroxyl groups is 1. The van der Waals surface area contributed by atoms with Gasteiger partial charge in [0.25, 0.3) is 0 Å². The van der Waals surface area contributed by atoms with Crippen molar-refractivity contribution in [3.8, 4) is 0 Å². The van der Waals surface area contributed by atoms with E-state index in [4.69, 9.17) is 18.9 Å². The molecule has 0 aliphatic carbocycles. The van der Waals surface area contributed by atoms with Crippen LogP contribution in [0, 0.1) is 0 Å². The summed E-state index contributed by atoms with van der Waals surface area (Å²) >= 11 is 0. The van der Waals surface area contributed by atoms with Crippen molar-refractivity contribution < 1.29 is 43.2 Å². The van der Waals surface area contributed by atoms with Crippen molar-refractivity contribution in [1.82, 2.24) is 0 Å². The molecule has 0 amide bonds. The predicted octanol–water partition coefficient (Wildman–Crippen LogP) is 2.58. The molecule has 0 aromatic heterocycles. The summed E-state index contributed by atoms with van der Waals surface area (Å²) < 4.78 is 21.6. The first-order valence-electron chi connectivity index (χ1n) is 11.1. The number of cyclic esters (lactones) is 1. The van der Waals surface area contributed by atoms with Crippen LogP contribution in [0.1, 0.15) is 31.1 Å². The van der Waals surface area contributed by atoms with Crippen LogP contribution in [0.25, 0.3) is 0 Å². The Morgan fingerprint density at radius 1 is 0.722 bits per heavy atom. The molecule has 4 atom stereocenters. The number of esters is 4. The second-order valence-electron chi connectivity index (χ2n) is 7.82. The lowest BCUT2D eigenvalue weighted by atomic mass is 10.1. The van der Waals surface area contributed by atoms with E-state index in [1.165, 1.54) is 36.4 Å². The summed E-state index contributed by atoms with van der Waals surface area (Å²) in [6.07, 6.45) is -5.99. The zero-order valence-electron chi connectivity index (χ0n) is 18.9. The Hall–Kier alpha value is -4.50. The van der Waals surface area contributed by atoms with Gasteiger partial charge in [0.2, 0.25) is 6.10 Å². The molecule has 1 aliphatic rings. The molecule has 1 heterocycles. The van der Waals surface area contributed by atoms with Crippen molar-refractivity contribution in [2.45, 2.75) is 24.4 Å². The van der Waals surface area contributed by atoms with Gasteiger partial charge in [-0.25, -0.2) is 19.2 Å². The van der Waals surface area contributed by atoms with E-state index in [-0.39, 0.29) is 16.7 Å². The first kappa shape index (κ1) is 24.6. The Morgan fingerprint density at radius 2 is 1.17 bits per heavy atom. The number of rotatable bonds is 8. The molecular formula is C27H22O9. The normalized spacial score (nSPS) is 19.6. The minimum atomic E-state index is -1.65. The summed E-state index contributed by atoms with van der Waals surface area (Å²) in [5.41, 5.74) is 0.534. The molecule has 9 nitrogen and oxygen atoms in total. The predicted molar refractivity (Wildman–Crippen MR) is 124 cm³/mol. The van der Waals surface area contributed by atoms with Crippen LogP contribution in [0.15, 0.2) is 91.0 Å². The molecule has 4 rings (SSSR count). The minimum absolute atomic E-state index is 0.163.